The summed E-state index contributed by atoms with van der Waals surface area (Å²) in [5, 5.41) is 0. The Morgan fingerprint density at radius 1 is 0.621 bits per heavy atom. The second kappa shape index (κ2) is 7.47. The Hall–Kier alpha value is -2.95. The van der Waals surface area contributed by atoms with E-state index in [0.29, 0.717) is 0 Å². The Kier molecular flexibility index (Phi) is 5.35. The molecule has 4 N–H and O–H groups in total. The minimum absolute atomic E-state index is 0.228. The second-order valence-corrected chi connectivity index (χ2v) is 7.69. The van der Waals surface area contributed by atoms with Gasteiger partial charge in [-0.1, -0.05) is 36.4 Å². The molecule has 0 saturated carbocycles. The molecule has 5 heteroatoms. The SMILES string of the molecule is Cc1cc(C(c2ccc(C(F)(F)F)cc2)c2cc(C)c(N)c(C)c2)cc(C)c1N. The number of nitrogens with two attached hydrogens (primary N) is 2. The third-order valence-electron chi connectivity index (χ3n) is 5.47. The molecule has 0 fully saturated rings. The average molecular weight is 398 g/mol. The number of hydrogen-bond donors (Lipinski definition) is 2. The van der Waals surface area contributed by atoms with Gasteiger partial charge in [-0.15, -0.1) is 0 Å². The fraction of sp³-hybridized carbons (Fsp3) is 0.250. The minimum Gasteiger partial charge on any atom is -0.398 e. The van der Waals surface area contributed by atoms with Gasteiger partial charge in [0.15, 0.2) is 0 Å². The molecule has 0 bridgehead atoms. The van der Waals surface area contributed by atoms with E-state index in [4.69, 9.17) is 11.5 Å². The highest BCUT2D eigenvalue weighted by molar-refractivity contribution is 5.60. The molecule has 0 aliphatic carbocycles. The van der Waals surface area contributed by atoms with E-state index in [-0.39, 0.29) is 5.92 Å². The number of hydrogen-bond acceptors (Lipinski definition) is 2. The monoisotopic (exact) mass is 398 g/mol. The summed E-state index contributed by atoms with van der Waals surface area (Å²) < 4.78 is 39.1. The number of rotatable bonds is 3. The Balaban J connectivity index is 2.22. The zero-order valence-electron chi connectivity index (χ0n) is 17.0. The van der Waals surface area contributed by atoms with E-state index in [1.165, 1.54) is 0 Å². The molecular weight excluding hydrogens is 373 g/mol. The van der Waals surface area contributed by atoms with E-state index in [1.807, 2.05) is 52.0 Å². The van der Waals surface area contributed by atoms with Crippen molar-refractivity contribution in [1.82, 2.24) is 0 Å². The molecule has 0 radical (unpaired) electrons. The molecule has 0 aromatic heterocycles. The van der Waals surface area contributed by atoms with Gasteiger partial charge >= 0.3 is 6.18 Å². The van der Waals surface area contributed by atoms with E-state index in [9.17, 15) is 13.2 Å². The lowest BCUT2D eigenvalue weighted by atomic mass is 9.82. The molecule has 152 valence electrons. The van der Waals surface area contributed by atoms with Gasteiger partial charge in [-0.2, -0.15) is 13.2 Å². The van der Waals surface area contributed by atoms with Gasteiger partial charge in [0.05, 0.1) is 5.56 Å². The van der Waals surface area contributed by atoms with Crippen LogP contribution in [0, 0.1) is 27.7 Å². The summed E-state index contributed by atoms with van der Waals surface area (Å²) >= 11 is 0. The number of nitrogen functional groups attached to an aromatic ring is 2. The largest absolute Gasteiger partial charge is 0.416 e. The van der Waals surface area contributed by atoms with Crippen molar-refractivity contribution in [3.63, 3.8) is 0 Å². The van der Waals surface area contributed by atoms with E-state index >= 15 is 0 Å². The molecular formula is C24H25F3N2. The van der Waals surface area contributed by atoms with Crippen LogP contribution in [0.4, 0.5) is 24.5 Å². The molecule has 0 aliphatic heterocycles. The normalized spacial score (nSPS) is 11.9. The summed E-state index contributed by atoms with van der Waals surface area (Å²) in [6.07, 6.45) is -4.36. The fourth-order valence-corrected chi connectivity index (χ4v) is 3.79. The highest BCUT2D eigenvalue weighted by Gasteiger charge is 2.30. The lowest BCUT2D eigenvalue weighted by Crippen LogP contribution is -2.09. The predicted octanol–water partition coefficient (Wildman–Crippen LogP) is 6.28. The third-order valence-corrected chi connectivity index (χ3v) is 5.47. The van der Waals surface area contributed by atoms with Crippen LogP contribution >= 0.6 is 0 Å². The zero-order chi connectivity index (χ0) is 21.5. The van der Waals surface area contributed by atoms with Crippen molar-refractivity contribution in [1.29, 1.82) is 0 Å². The first-order chi connectivity index (χ1) is 13.5. The molecule has 0 unspecified atom stereocenters. The molecule has 3 rings (SSSR count). The van der Waals surface area contributed by atoms with Crippen LogP contribution < -0.4 is 11.5 Å². The molecule has 0 atom stereocenters. The fourth-order valence-electron chi connectivity index (χ4n) is 3.79. The molecule has 0 saturated heterocycles. The number of halogens is 3. The van der Waals surface area contributed by atoms with Gasteiger partial charge in [-0.05, 0) is 78.8 Å². The Bertz CT molecular complexity index is 947. The zero-order valence-corrected chi connectivity index (χ0v) is 17.0. The van der Waals surface area contributed by atoms with Crippen molar-refractivity contribution >= 4 is 11.4 Å². The summed E-state index contributed by atoms with van der Waals surface area (Å²) in [5.74, 6) is -0.228. The van der Waals surface area contributed by atoms with Crippen LogP contribution in [0.3, 0.4) is 0 Å². The lowest BCUT2D eigenvalue weighted by molar-refractivity contribution is -0.137. The van der Waals surface area contributed by atoms with Crippen LogP contribution in [0.25, 0.3) is 0 Å². The number of aryl methyl sites for hydroxylation is 4. The molecule has 0 heterocycles. The Morgan fingerprint density at radius 2 is 0.966 bits per heavy atom. The highest BCUT2D eigenvalue weighted by Crippen LogP contribution is 2.38. The van der Waals surface area contributed by atoms with Crippen LogP contribution in [-0.2, 0) is 6.18 Å². The number of benzene rings is 3. The maximum Gasteiger partial charge on any atom is 0.416 e. The van der Waals surface area contributed by atoms with Gasteiger partial charge in [-0.3, -0.25) is 0 Å². The molecule has 0 amide bonds. The Morgan fingerprint density at radius 3 is 1.28 bits per heavy atom. The van der Waals surface area contributed by atoms with Crippen LogP contribution in [0.15, 0.2) is 48.5 Å². The maximum atomic E-state index is 13.0. The van der Waals surface area contributed by atoms with Gasteiger partial charge in [0.2, 0.25) is 0 Å². The molecule has 0 spiro atoms. The van der Waals surface area contributed by atoms with E-state index in [2.05, 4.69) is 0 Å². The second-order valence-electron chi connectivity index (χ2n) is 7.69. The van der Waals surface area contributed by atoms with Gasteiger partial charge < -0.3 is 11.5 Å². The van der Waals surface area contributed by atoms with Crippen molar-refractivity contribution in [2.24, 2.45) is 0 Å². The topological polar surface area (TPSA) is 52.0 Å². The van der Waals surface area contributed by atoms with Gasteiger partial charge in [0, 0.05) is 17.3 Å². The van der Waals surface area contributed by atoms with E-state index in [1.54, 1.807) is 12.1 Å². The molecule has 0 aliphatic rings. The number of anilines is 2. The maximum absolute atomic E-state index is 13.0. The standard InChI is InChI=1S/C24H25F3N2/c1-13-9-18(10-14(2)22(13)28)21(19-11-15(3)23(29)16(4)12-19)17-5-7-20(8-6-17)24(25,26)27/h5-12,21H,28-29H2,1-4H3. The molecule has 2 nitrogen and oxygen atoms in total. The van der Waals surface area contributed by atoms with Crippen molar-refractivity contribution < 1.29 is 13.2 Å². The quantitative estimate of drug-likeness (QED) is 0.403. The summed E-state index contributed by atoms with van der Waals surface area (Å²) in [7, 11) is 0. The van der Waals surface area contributed by atoms with Crippen molar-refractivity contribution in [2.75, 3.05) is 11.5 Å². The van der Waals surface area contributed by atoms with Gasteiger partial charge in [0.1, 0.15) is 0 Å². The third kappa shape index (κ3) is 4.09. The number of alkyl halides is 3. The Labute approximate surface area is 169 Å². The smallest absolute Gasteiger partial charge is 0.398 e. The first-order valence-corrected chi connectivity index (χ1v) is 9.39. The van der Waals surface area contributed by atoms with Crippen molar-refractivity contribution in [3.05, 3.63) is 93.0 Å². The summed E-state index contributed by atoms with van der Waals surface area (Å²) in [5.41, 5.74) is 19.6. The van der Waals surface area contributed by atoms with Crippen LogP contribution in [0.1, 0.15) is 50.4 Å². The molecule has 29 heavy (non-hydrogen) atoms. The van der Waals surface area contributed by atoms with Crippen LogP contribution in [-0.4, -0.2) is 0 Å². The van der Waals surface area contributed by atoms with Gasteiger partial charge in [-0.25, -0.2) is 0 Å². The van der Waals surface area contributed by atoms with E-state index < -0.39 is 11.7 Å². The highest BCUT2D eigenvalue weighted by atomic mass is 19.4. The predicted molar refractivity (Wildman–Crippen MR) is 113 cm³/mol. The summed E-state index contributed by atoms with van der Waals surface area (Å²) in [4.78, 5) is 0. The van der Waals surface area contributed by atoms with Crippen molar-refractivity contribution in [2.45, 2.75) is 39.8 Å². The molecule has 3 aromatic carbocycles. The lowest BCUT2D eigenvalue weighted by Gasteiger charge is -2.23. The van der Waals surface area contributed by atoms with E-state index in [0.717, 1.165) is 62.5 Å². The van der Waals surface area contributed by atoms with Crippen molar-refractivity contribution in [3.8, 4) is 0 Å². The summed E-state index contributed by atoms with van der Waals surface area (Å²) in [6.45, 7) is 7.76. The molecule has 3 aromatic rings. The van der Waals surface area contributed by atoms with Gasteiger partial charge in [0.25, 0.3) is 0 Å². The van der Waals surface area contributed by atoms with Crippen LogP contribution in [0.2, 0.25) is 0 Å². The summed E-state index contributed by atoms with van der Waals surface area (Å²) in [6, 6.07) is 13.4. The first kappa shape index (κ1) is 20.8. The minimum atomic E-state index is -4.36. The first-order valence-electron chi connectivity index (χ1n) is 9.39. The average Bonchev–Trinajstić information content (AvgIpc) is 2.64. The van der Waals surface area contributed by atoms with Crippen LogP contribution in [0.5, 0.6) is 0 Å².